The van der Waals surface area contributed by atoms with Gasteiger partial charge in [0.25, 0.3) is 0 Å². The van der Waals surface area contributed by atoms with Gasteiger partial charge in [0.15, 0.2) is 0 Å². The lowest BCUT2D eigenvalue weighted by atomic mass is 9.67. The van der Waals surface area contributed by atoms with Gasteiger partial charge in [-0.2, -0.15) is 0 Å². The lowest BCUT2D eigenvalue weighted by molar-refractivity contribution is -0.0475. The van der Waals surface area contributed by atoms with Crippen LogP contribution in [0.3, 0.4) is 0 Å². The Morgan fingerprint density at radius 3 is 2.79 bits per heavy atom. The van der Waals surface area contributed by atoms with Gasteiger partial charge in [-0.25, -0.2) is 0 Å². The second kappa shape index (κ2) is 6.79. The fourth-order valence-electron chi connectivity index (χ4n) is 4.33. The molecule has 3 heteroatoms. The van der Waals surface area contributed by atoms with E-state index in [4.69, 9.17) is 4.74 Å². The highest BCUT2D eigenvalue weighted by Crippen LogP contribution is 2.53. The molecule has 3 nitrogen and oxygen atoms in total. The molecule has 1 aromatic rings. The molecule has 3 atom stereocenters. The third-order valence-corrected chi connectivity index (χ3v) is 5.77. The van der Waals surface area contributed by atoms with E-state index < -0.39 is 5.60 Å². The molecule has 3 rings (SSSR count). The van der Waals surface area contributed by atoms with Crippen molar-refractivity contribution in [3.8, 4) is 11.5 Å². The summed E-state index contributed by atoms with van der Waals surface area (Å²) in [5.41, 5.74) is 2.80. The molecule has 0 saturated heterocycles. The van der Waals surface area contributed by atoms with E-state index in [9.17, 15) is 10.2 Å². The summed E-state index contributed by atoms with van der Waals surface area (Å²) >= 11 is 0. The van der Waals surface area contributed by atoms with Crippen LogP contribution in [0.1, 0.15) is 69.9 Å². The number of fused-ring (bicyclic) bond motifs is 3. The first kappa shape index (κ1) is 17.3. The predicted octanol–water partition coefficient (Wildman–Crippen LogP) is 4.71. The number of benzene rings is 1. The number of aromatic hydroxyl groups is 1. The van der Waals surface area contributed by atoms with Gasteiger partial charge in [0, 0.05) is 17.4 Å². The average molecular weight is 330 g/mol. The summed E-state index contributed by atoms with van der Waals surface area (Å²) in [6.07, 6.45) is 8.74. The first-order chi connectivity index (χ1) is 11.5. The Morgan fingerprint density at radius 2 is 2.08 bits per heavy atom. The molecule has 1 aliphatic carbocycles. The van der Waals surface area contributed by atoms with E-state index in [2.05, 4.69) is 26.0 Å². The number of allylic oxidation sites excluding steroid dienone is 2. The second-order valence-corrected chi connectivity index (χ2v) is 7.74. The van der Waals surface area contributed by atoms with Crippen LogP contribution >= 0.6 is 0 Å². The monoisotopic (exact) mass is 330 g/mol. The number of ether oxygens (including phenoxy) is 1. The number of hydrogen-bond acceptors (Lipinski definition) is 3. The van der Waals surface area contributed by atoms with Crippen LogP contribution in [0.15, 0.2) is 23.8 Å². The van der Waals surface area contributed by atoms with Crippen molar-refractivity contribution in [3.05, 3.63) is 34.9 Å². The van der Waals surface area contributed by atoms with Crippen LogP contribution in [0.2, 0.25) is 0 Å². The van der Waals surface area contributed by atoms with Crippen LogP contribution in [-0.2, 0) is 6.42 Å². The maximum absolute atomic E-state index is 10.7. The summed E-state index contributed by atoms with van der Waals surface area (Å²) in [6.45, 7) is 6.35. The van der Waals surface area contributed by atoms with E-state index in [0.29, 0.717) is 5.75 Å². The van der Waals surface area contributed by atoms with Crippen molar-refractivity contribution in [1.82, 2.24) is 0 Å². The molecule has 2 N–H and O–H groups in total. The van der Waals surface area contributed by atoms with E-state index in [1.165, 1.54) is 18.4 Å². The number of aliphatic hydroxyl groups excluding tert-OH is 1. The number of unbranched alkanes of at least 4 members (excludes halogenated alkanes) is 2. The van der Waals surface area contributed by atoms with Crippen LogP contribution < -0.4 is 4.74 Å². The molecule has 0 amide bonds. The number of hydrogen-bond donors (Lipinski definition) is 2. The summed E-state index contributed by atoms with van der Waals surface area (Å²) in [4.78, 5) is 0. The van der Waals surface area contributed by atoms with Crippen molar-refractivity contribution >= 4 is 0 Å². The molecule has 1 aromatic carbocycles. The topological polar surface area (TPSA) is 49.7 Å². The van der Waals surface area contributed by atoms with Gasteiger partial charge in [0.1, 0.15) is 17.1 Å². The molecule has 1 heterocycles. The average Bonchev–Trinajstić information content (AvgIpc) is 2.54. The maximum atomic E-state index is 10.7. The van der Waals surface area contributed by atoms with E-state index in [-0.39, 0.29) is 18.4 Å². The Kier molecular flexibility index (Phi) is 4.91. The van der Waals surface area contributed by atoms with E-state index in [0.717, 1.165) is 42.6 Å². The van der Waals surface area contributed by atoms with Crippen LogP contribution in [-0.4, -0.2) is 22.4 Å². The zero-order valence-corrected chi connectivity index (χ0v) is 15.1. The molecule has 0 radical (unpaired) electrons. The van der Waals surface area contributed by atoms with Gasteiger partial charge < -0.3 is 14.9 Å². The molecular formula is C21H30O3. The molecular weight excluding hydrogens is 300 g/mol. The Morgan fingerprint density at radius 1 is 1.29 bits per heavy atom. The third kappa shape index (κ3) is 3.06. The minimum absolute atomic E-state index is 0.00131. The first-order valence-corrected chi connectivity index (χ1v) is 9.31. The van der Waals surface area contributed by atoms with Crippen LogP contribution in [0.5, 0.6) is 11.5 Å². The van der Waals surface area contributed by atoms with Crippen LogP contribution in [0.25, 0.3) is 0 Å². The molecule has 2 unspecified atom stereocenters. The molecule has 24 heavy (non-hydrogen) atoms. The molecule has 0 bridgehead atoms. The maximum Gasteiger partial charge on any atom is 0.133 e. The summed E-state index contributed by atoms with van der Waals surface area (Å²) in [5.74, 6) is 1.44. The zero-order chi connectivity index (χ0) is 17.3. The molecule has 0 spiro atoms. The normalized spacial score (nSPS) is 28.6. The molecule has 0 fully saturated rings. The zero-order valence-electron chi connectivity index (χ0n) is 15.1. The van der Waals surface area contributed by atoms with Crippen LogP contribution in [0.4, 0.5) is 0 Å². The molecule has 1 aliphatic heterocycles. The van der Waals surface area contributed by atoms with E-state index >= 15 is 0 Å². The SMILES string of the molecule is CCCCCc1cc(O)c2c(c1)O[C@@](C)(CO)C1CCC(C)=CC21. The van der Waals surface area contributed by atoms with Gasteiger partial charge in [-0.05, 0) is 57.2 Å². The van der Waals surface area contributed by atoms with Gasteiger partial charge >= 0.3 is 0 Å². The second-order valence-electron chi connectivity index (χ2n) is 7.74. The fraction of sp³-hybridized carbons (Fsp3) is 0.619. The predicted molar refractivity (Wildman–Crippen MR) is 96.7 cm³/mol. The number of phenols is 1. The highest BCUT2D eigenvalue weighted by molar-refractivity contribution is 5.54. The number of aryl methyl sites for hydroxylation is 1. The lowest BCUT2D eigenvalue weighted by Crippen LogP contribution is -2.50. The van der Waals surface area contributed by atoms with Gasteiger partial charge in [-0.3, -0.25) is 0 Å². The first-order valence-electron chi connectivity index (χ1n) is 9.31. The minimum atomic E-state index is -0.580. The van der Waals surface area contributed by atoms with Crippen molar-refractivity contribution in [1.29, 1.82) is 0 Å². The van der Waals surface area contributed by atoms with Crippen molar-refractivity contribution in [3.63, 3.8) is 0 Å². The van der Waals surface area contributed by atoms with Crippen molar-refractivity contribution in [2.75, 3.05) is 6.61 Å². The van der Waals surface area contributed by atoms with Crippen molar-refractivity contribution in [2.24, 2.45) is 5.92 Å². The number of aliphatic hydroxyl groups is 1. The summed E-state index contributed by atoms with van der Waals surface area (Å²) in [6, 6.07) is 3.99. The highest BCUT2D eigenvalue weighted by atomic mass is 16.5. The summed E-state index contributed by atoms with van der Waals surface area (Å²) in [7, 11) is 0. The standard InChI is InChI=1S/C21H30O3/c1-4-5-6-7-15-11-18(23)20-16-10-14(2)8-9-17(16)21(3,13-22)24-19(20)12-15/h10-12,16-17,22-23H,4-9,13H2,1-3H3/t16?,17?,21-/m0/s1. The Labute approximate surface area is 145 Å². The van der Waals surface area contributed by atoms with Crippen LogP contribution in [0, 0.1) is 5.92 Å². The quantitative estimate of drug-likeness (QED) is 0.607. The smallest absolute Gasteiger partial charge is 0.133 e. The fourth-order valence-corrected chi connectivity index (χ4v) is 4.33. The lowest BCUT2D eigenvalue weighted by Gasteiger charge is -2.47. The van der Waals surface area contributed by atoms with Crippen molar-refractivity contribution < 1.29 is 14.9 Å². The molecule has 132 valence electrons. The minimum Gasteiger partial charge on any atom is -0.507 e. The summed E-state index contributed by atoms with van der Waals surface area (Å²) < 4.78 is 6.26. The Balaban J connectivity index is 2.01. The largest absolute Gasteiger partial charge is 0.507 e. The third-order valence-electron chi connectivity index (χ3n) is 5.77. The van der Waals surface area contributed by atoms with Gasteiger partial charge in [0.2, 0.25) is 0 Å². The Bertz CT molecular complexity index is 634. The molecule has 0 saturated carbocycles. The Hall–Kier alpha value is -1.48. The van der Waals surface area contributed by atoms with Gasteiger partial charge in [-0.1, -0.05) is 31.4 Å². The van der Waals surface area contributed by atoms with Gasteiger partial charge in [-0.15, -0.1) is 0 Å². The summed E-state index contributed by atoms with van der Waals surface area (Å²) in [5, 5.41) is 20.7. The van der Waals surface area contributed by atoms with Gasteiger partial charge in [0.05, 0.1) is 6.61 Å². The van der Waals surface area contributed by atoms with E-state index in [1.54, 1.807) is 0 Å². The van der Waals surface area contributed by atoms with Crippen molar-refractivity contribution in [2.45, 2.75) is 70.8 Å². The number of phenolic OH excluding ortho intramolecular Hbond substituents is 1. The van der Waals surface area contributed by atoms with E-state index in [1.807, 2.05) is 13.0 Å². The highest BCUT2D eigenvalue weighted by Gasteiger charge is 2.47. The number of rotatable bonds is 5. The molecule has 0 aromatic heterocycles. The molecule has 2 aliphatic rings.